The Morgan fingerprint density at radius 3 is 1.96 bits per heavy atom. The van der Waals surface area contributed by atoms with Gasteiger partial charge in [0, 0.05) is 0 Å². The summed E-state index contributed by atoms with van der Waals surface area (Å²) in [6.45, 7) is 6.29. The molecule has 140 valence electrons. The standard InChI is InChI=1S/C21H26O4S/c1-21(2,3)18-10-12-19(13-11-18)26(24,25)14-4-5-16-6-8-17(9-7-16)15-20(22)23/h6-13H,4-5,14-15H2,1-3H3,(H,22,23). The molecule has 0 saturated carbocycles. The number of hydrogen-bond acceptors (Lipinski definition) is 3. The van der Waals surface area contributed by atoms with Gasteiger partial charge < -0.3 is 5.11 Å². The third-order valence-corrected chi connectivity index (χ3v) is 6.15. The maximum Gasteiger partial charge on any atom is 0.307 e. The van der Waals surface area contributed by atoms with Gasteiger partial charge in [-0.05, 0) is 47.1 Å². The van der Waals surface area contributed by atoms with Crippen LogP contribution in [0.3, 0.4) is 0 Å². The van der Waals surface area contributed by atoms with Gasteiger partial charge in [-0.1, -0.05) is 57.2 Å². The summed E-state index contributed by atoms with van der Waals surface area (Å²) in [5.41, 5.74) is 2.86. The third-order valence-electron chi connectivity index (χ3n) is 4.34. The molecule has 0 atom stereocenters. The van der Waals surface area contributed by atoms with Gasteiger partial charge in [0.25, 0.3) is 0 Å². The quantitative estimate of drug-likeness (QED) is 0.795. The molecule has 0 radical (unpaired) electrons. The van der Waals surface area contributed by atoms with Crippen molar-refractivity contribution >= 4 is 15.8 Å². The van der Waals surface area contributed by atoms with Crippen LogP contribution in [0.25, 0.3) is 0 Å². The second-order valence-corrected chi connectivity index (χ2v) is 9.69. The molecule has 0 aliphatic rings. The van der Waals surface area contributed by atoms with E-state index in [9.17, 15) is 13.2 Å². The van der Waals surface area contributed by atoms with E-state index in [1.54, 1.807) is 24.3 Å². The Hall–Kier alpha value is -2.14. The van der Waals surface area contributed by atoms with Gasteiger partial charge >= 0.3 is 5.97 Å². The average molecular weight is 375 g/mol. The molecule has 0 saturated heterocycles. The van der Waals surface area contributed by atoms with Crippen LogP contribution in [-0.4, -0.2) is 25.2 Å². The smallest absolute Gasteiger partial charge is 0.307 e. The molecule has 0 amide bonds. The van der Waals surface area contributed by atoms with Crippen LogP contribution in [0, 0.1) is 0 Å². The van der Waals surface area contributed by atoms with Gasteiger partial charge in [0.15, 0.2) is 9.84 Å². The van der Waals surface area contributed by atoms with Gasteiger partial charge in [0.1, 0.15) is 0 Å². The topological polar surface area (TPSA) is 71.4 Å². The molecule has 26 heavy (non-hydrogen) atoms. The summed E-state index contributed by atoms with van der Waals surface area (Å²) in [5, 5.41) is 8.77. The zero-order valence-corrected chi connectivity index (χ0v) is 16.3. The number of aliphatic carboxylic acids is 1. The van der Waals surface area contributed by atoms with Crippen molar-refractivity contribution < 1.29 is 18.3 Å². The summed E-state index contributed by atoms with van der Waals surface area (Å²) in [7, 11) is -3.29. The first kappa shape index (κ1) is 20.2. The molecule has 4 nitrogen and oxygen atoms in total. The van der Waals surface area contributed by atoms with Gasteiger partial charge in [0.2, 0.25) is 0 Å². The first-order valence-electron chi connectivity index (χ1n) is 8.71. The van der Waals surface area contributed by atoms with Gasteiger partial charge in [-0.3, -0.25) is 4.79 Å². The zero-order valence-electron chi connectivity index (χ0n) is 15.5. The Morgan fingerprint density at radius 1 is 0.923 bits per heavy atom. The van der Waals surface area contributed by atoms with Gasteiger partial charge in [0.05, 0.1) is 17.1 Å². The summed E-state index contributed by atoms with van der Waals surface area (Å²) in [5.74, 6) is -0.764. The highest BCUT2D eigenvalue weighted by Crippen LogP contribution is 2.24. The monoisotopic (exact) mass is 374 g/mol. The number of rotatable bonds is 7. The van der Waals surface area contributed by atoms with E-state index in [1.807, 2.05) is 24.3 Å². The highest BCUT2D eigenvalue weighted by atomic mass is 32.2. The fourth-order valence-corrected chi connectivity index (χ4v) is 4.06. The Kier molecular flexibility index (Phi) is 6.24. The van der Waals surface area contributed by atoms with Crippen LogP contribution in [-0.2, 0) is 32.9 Å². The predicted octanol–water partition coefficient (Wildman–Crippen LogP) is 4.02. The average Bonchev–Trinajstić information content (AvgIpc) is 2.55. The molecule has 0 spiro atoms. The fourth-order valence-electron chi connectivity index (χ4n) is 2.74. The van der Waals surface area contributed by atoms with Gasteiger partial charge in [-0.15, -0.1) is 0 Å². The number of hydrogen-bond donors (Lipinski definition) is 1. The van der Waals surface area contributed by atoms with E-state index < -0.39 is 15.8 Å². The molecule has 1 N–H and O–H groups in total. The minimum atomic E-state index is -3.29. The van der Waals surface area contributed by atoms with Crippen molar-refractivity contribution in [1.82, 2.24) is 0 Å². The molecule has 2 aromatic rings. The highest BCUT2D eigenvalue weighted by molar-refractivity contribution is 7.91. The maximum absolute atomic E-state index is 12.5. The summed E-state index contributed by atoms with van der Waals surface area (Å²) < 4.78 is 25.0. The SMILES string of the molecule is CC(C)(C)c1ccc(S(=O)(=O)CCCc2ccc(CC(=O)O)cc2)cc1. The molecule has 0 bridgehead atoms. The molecule has 2 aromatic carbocycles. The lowest BCUT2D eigenvalue weighted by Crippen LogP contribution is -2.12. The van der Waals surface area contributed by atoms with E-state index in [2.05, 4.69) is 20.8 Å². The van der Waals surface area contributed by atoms with E-state index in [4.69, 9.17) is 5.11 Å². The number of aryl methyl sites for hydroxylation is 1. The summed E-state index contributed by atoms with van der Waals surface area (Å²) >= 11 is 0. The van der Waals surface area contributed by atoms with Crippen LogP contribution in [0.4, 0.5) is 0 Å². The van der Waals surface area contributed by atoms with Crippen molar-refractivity contribution in [2.24, 2.45) is 0 Å². The lowest BCUT2D eigenvalue weighted by molar-refractivity contribution is -0.136. The van der Waals surface area contributed by atoms with Crippen molar-refractivity contribution in [3.63, 3.8) is 0 Å². The van der Waals surface area contributed by atoms with Crippen molar-refractivity contribution in [2.75, 3.05) is 5.75 Å². The van der Waals surface area contributed by atoms with Crippen molar-refractivity contribution in [1.29, 1.82) is 0 Å². The van der Waals surface area contributed by atoms with E-state index in [0.29, 0.717) is 17.7 Å². The number of carbonyl (C=O) groups is 1. The van der Waals surface area contributed by atoms with Crippen LogP contribution in [0.15, 0.2) is 53.4 Å². The minimum Gasteiger partial charge on any atom is -0.481 e. The highest BCUT2D eigenvalue weighted by Gasteiger charge is 2.17. The van der Waals surface area contributed by atoms with Gasteiger partial charge in [-0.25, -0.2) is 8.42 Å². The van der Waals surface area contributed by atoms with Crippen molar-refractivity contribution in [2.45, 2.75) is 50.3 Å². The lowest BCUT2D eigenvalue weighted by Gasteiger charge is -2.19. The van der Waals surface area contributed by atoms with E-state index in [-0.39, 0.29) is 17.6 Å². The van der Waals surface area contributed by atoms with Crippen LogP contribution >= 0.6 is 0 Å². The minimum absolute atomic E-state index is 0.000773. The zero-order chi connectivity index (χ0) is 19.4. The number of carboxylic acid groups (broad SMARTS) is 1. The third kappa shape index (κ3) is 5.70. The first-order valence-corrected chi connectivity index (χ1v) is 10.4. The Bertz CT molecular complexity index is 842. The van der Waals surface area contributed by atoms with Crippen LogP contribution < -0.4 is 0 Å². The number of carboxylic acids is 1. The molecule has 0 aromatic heterocycles. The molecule has 0 aliphatic carbocycles. The largest absolute Gasteiger partial charge is 0.481 e. The van der Waals surface area contributed by atoms with E-state index in [1.165, 1.54) is 0 Å². The Labute approximate surface area is 155 Å². The molecule has 2 rings (SSSR count). The van der Waals surface area contributed by atoms with Gasteiger partial charge in [-0.2, -0.15) is 0 Å². The molecule has 0 fully saturated rings. The maximum atomic E-state index is 12.5. The first-order chi connectivity index (χ1) is 12.1. The lowest BCUT2D eigenvalue weighted by atomic mass is 9.87. The molecule has 0 unspecified atom stereocenters. The number of benzene rings is 2. The Balaban J connectivity index is 1.94. The number of sulfone groups is 1. The van der Waals surface area contributed by atoms with E-state index >= 15 is 0 Å². The second-order valence-electron chi connectivity index (χ2n) is 7.58. The fraction of sp³-hybridized carbons (Fsp3) is 0.381. The molecule has 0 aliphatic heterocycles. The Morgan fingerprint density at radius 2 is 1.46 bits per heavy atom. The van der Waals surface area contributed by atoms with E-state index in [0.717, 1.165) is 16.7 Å². The molecular weight excluding hydrogens is 348 g/mol. The normalized spacial score (nSPS) is 12.1. The molecule has 5 heteroatoms. The molecule has 0 heterocycles. The summed E-state index contributed by atoms with van der Waals surface area (Å²) in [6, 6.07) is 14.4. The van der Waals surface area contributed by atoms with Crippen LogP contribution in [0.5, 0.6) is 0 Å². The van der Waals surface area contributed by atoms with Crippen LogP contribution in [0.1, 0.15) is 43.9 Å². The van der Waals surface area contributed by atoms with Crippen molar-refractivity contribution in [3.8, 4) is 0 Å². The van der Waals surface area contributed by atoms with Crippen molar-refractivity contribution in [3.05, 3.63) is 65.2 Å². The summed E-state index contributed by atoms with van der Waals surface area (Å²) in [6.07, 6.45) is 1.17. The van der Waals surface area contributed by atoms with Crippen LogP contribution in [0.2, 0.25) is 0 Å². The second kappa shape index (κ2) is 8.04. The molecular formula is C21H26O4S. The predicted molar refractivity (Wildman–Crippen MR) is 103 cm³/mol. The summed E-state index contributed by atoms with van der Waals surface area (Å²) in [4.78, 5) is 11.0.